The van der Waals surface area contributed by atoms with Gasteiger partial charge in [0.1, 0.15) is 0 Å². The van der Waals surface area contributed by atoms with Crippen molar-refractivity contribution < 1.29 is 4.79 Å². The third kappa shape index (κ3) is 4.60. The Hall–Kier alpha value is -1.81. The molecule has 0 aliphatic rings. The van der Waals surface area contributed by atoms with E-state index >= 15 is 0 Å². The van der Waals surface area contributed by atoms with Gasteiger partial charge in [-0.2, -0.15) is 0 Å². The lowest BCUT2D eigenvalue weighted by atomic mass is 10.1. The van der Waals surface area contributed by atoms with Crippen molar-refractivity contribution in [2.24, 2.45) is 0 Å². The molecule has 1 amide bonds. The first-order valence-electron chi connectivity index (χ1n) is 7.06. The lowest BCUT2D eigenvalue weighted by Gasteiger charge is -2.11. The summed E-state index contributed by atoms with van der Waals surface area (Å²) in [6.45, 7) is 3.47. The highest BCUT2D eigenvalue weighted by Crippen LogP contribution is 2.16. The molecule has 0 saturated carbocycles. The van der Waals surface area contributed by atoms with Gasteiger partial charge in [-0.1, -0.05) is 47.1 Å². The number of carbonyl (C=O) groups excluding carboxylic acids is 1. The summed E-state index contributed by atoms with van der Waals surface area (Å²) in [5.74, 6) is -0.0609. The van der Waals surface area contributed by atoms with Crippen LogP contribution in [0.2, 0.25) is 0 Å². The van der Waals surface area contributed by atoms with E-state index in [1.54, 1.807) is 0 Å². The van der Waals surface area contributed by atoms with Gasteiger partial charge in [0.25, 0.3) is 5.91 Å². The Kier molecular flexibility index (Phi) is 5.81. The van der Waals surface area contributed by atoms with Crippen molar-refractivity contribution in [2.75, 3.05) is 11.9 Å². The second-order valence-corrected chi connectivity index (χ2v) is 5.70. The van der Waals surface area contributed by atoms with E-state index in [0.717, 1.165) is 28.7 Å². The first kappa shape index (κ1) is 15.6. The molecule has 0 aliphatic heterocycles. The van der Waals surface area contributed by atoms with Gasteiger partial charge in [0.05, 0.1) is 5.56 Å². The van der Waals surface area contributed by atoms with Crippen molar-refractivity contribution in [3.63, 3.8) is 0 Å². The van der Waals surface area contributed by atoms with Crippen LogP contribution in [0.3, 0.4) is 0 Å². The molecule has 0 aromatic heterocycles. The molecular formula is C17H19BrN2O. The van der Waals surface area contributed by atoms with Crippen LogP contribution in [0, 0.1) is 0 Å². The Morgan fingerprint density at radius 3 is 2.71 bits per heavy atom. The van der Waals surface area contributed by atoms with Crippen LogP contribution < -0.4 is 10.6 Å². The van der Waals surface area contributed by atoms with Gasteiger partial charge >= 0.3 is 0 Å². The van der Waals surface area contributed by atoms with Gasteiger partial charge in [-0.25, -0.2) is 0 Å². The van der Waals surface area contributed by atoms with E-state index in [2.05, 4.69) is 33.5 Å². The average Bonchev–Trinajstić information content (AvgIpc) is 2.51. The van der Waals surface area contributed by atoms with E-state index in [1.165, 1.54) is 0 Å². The number of rotatable bonds is 6. The average molecular weight is 347 g/mol. The zero-order chi connectivity index (χ0) is 15.1. The standard InChI is InChI=1S/C17H19BrN2O/c1-2-10-19-16-9-4-3-8-15(16)17(21)20-12-13-6-5-7-14(18)11-13/h3-9,11,19H,2,10,12H2,1H3,(H,20,21). The fourth-order valence-electron chi connectivity index (χ4n) is 2.02. The van der Waals surface area contributed by atoms with E-state index in [1.807, 2.05) is 48.5 Å². The molecule has 0 aliphatic carbocycles. The number of halogens is 1. The molecule has 0 radical (unpaired) electrons. The highest BCUT2D eigenvalue weighted by atomic mass is 79.9. The lowest BCUT2D eigenvalue weighted by Crippen LogP contribution is -2.24. The molecular weight excluding hydrogens is 328 g/mol. The van der Waals surface area contributed by atoms with Crippen molar-refractivity contribution in [1.82, 2.24) is 5.32 Å². The molecule has 110 valence electrons. The summed E-state index contributed by atoms with van der Waals surface area (Å²) in [5.41, 5.74) is 2.63. The molecule has 0 fully saturated rings. The summed E-state index contributed by atoms with van der Waals surface area (Å²) in [4.78, 5) is 12.3. The van der Waals surface area contributed by atoms with Gasteiger partial charge in [0.2, 0.25) is 0 Å². The fraction of sp³-hybridized carbons (Fsp3) is 0.235. The zero-order valence-electron chi connectivity index (χ0n) is 12.0. The topological polar surface area (TPSA) is 41.1 Å². The van der Waals surface area contributed by atoms with Gasteiger partial charge in [0.15, 0.2) is 0 Å². The number of nitrogens with one attached hydrogen (secondary N) is 2. The minimum atomic E-state index is -0.0609. The predicted octanol–water partition coefficient (Wildman–Crippen LogP) is 4.20. The Labute approximate surface area is 133 Å². The van der Waals surface area contributed by atoms with Gasteiger partial charge < -0.3 is 10.6 Å². The quantitative estimate of drug-likeness (QED) is 0.822. The van der Waals surface area contributed by atoms with Crippen molar-refractivity contribution in [3.05, 3.63) is 64.1 Å². The molecule has 2 N–H and O–H groups in total. The molecule has 21 heavy (non-hydrogen) atoms. The van der Waals surface area contributed by atoms with Crippen molar-refractivity contribution in [2.45, 2.75) is 19.9 Å². The number of benzene rings is 2. The van der Waals surface area contributed by atoms with Gasteiger partial charge in [-0.15, -0.1) is 0 Å². The molecule has 4 heteroatoms. The minimum Gasteiger partial charge on any atom is -0.384 e. The molecule has 2 aromatic carbocycles. The SMILES string of the molecule is CCCNc1ccccc1C(=O)NCc1cccc(Br)c1. The third-order valence-corrected chi connectivity index (χ3v) is 3.57. The number of amides is 1. The van der Waals surface area contributed by atoms with Gasteiger partial charge in [-0.05, 0) is 36.2 Å². The first-order valence-corrected chi connectivity index (χ1v) is 7.85. The van der Waals surface area contributed by atoms with Crippen LogP contribution >= 0.6 is 15.9 Å². The van der Waals surface area contributed by atoms with Crippen molar-refractivity contribution >= 4 is 27.5 Å². The molecule has 3 nitrogen and oxygen atoms in total. The zero-order valence-corrected chi connectivity index (χ0v) is 13.6. The molecule has 0 bridgehead atoms. The summed E-state index contributed by atoms with van der Waals surface area (Å²) < 4.78 is 1.01. The number of carbonyl (C=O) groups is 1. The van der Waals surface area contributed by atoms with E-state index in [9.17, 15) is 4.79 Å². The first-order chi connectivity index (χ1) is 10.2. The van der Waals surface area contributed by atoms with Crippen LogP contribution in [-0.4, -0.2) is 12.5 Å². The number of para-hydroxylation sites is 1. The fourth-order valence-corrected chi connectivity index (χ4v) is 2.47. The highest BCUT2D eigenvalue weighted by molar-refractivity contribution is 9.10. The Balaban J connectivity index is 2.03. The Morgan fingerprint density at radius 2 is 1.95 bits per heavy atom. The molecule has 0 saturated heterocycles. The normalized spacial score (nSPS) is 10.2. The van der Waals surface area contributed by atoms with Crippen LogP contribution in [-0.2, 0) is 6.54 Å². The summed E-state index contributed by atoms with van der Waals surface area (Å²) in [6, 6.07) is 15.5. The second-order valence-electron chi connectivity index (χ2n) is 4.78. The number of hydrogen-bond donors (Lipinski definition) is 2. The van der Waals surface area contributed by atoms with Crippen molar-refractivity contribution in [1.29, 1.82) is 0 Å². The predicted molar refractivity (Wildman–Crippen MR) is 90.5 cm³/mol. The Bertz CT molecular complexity index is 613. The van der Waals surface area contributed by atoms with E-state index in [-0.39, 0.29) is 5.91 Å². The number of anilines is 1. The number of hydrogen-bond acceptors (Lipinski definition) is 2. The monoisotopic (exact) mass is 346 g/mol. The molecule has 0 heterocycles. The summed E-state index contributed by atoms with van der Waals surface area (Å²) in [7, 11) is 0. The maximum Gasteiger partial charge on any atom is 0.253 e. The van der Waals surface area contributed by atoms with Crippen LogP contribution in [0.25, 0.3) is 0 Å². The second kappa shape index (κ2) is 7.84. The third-order valence-electron chi connectivity index (χ3n) is 3.08. The van der Waals surface area contributed by atoms with Gasteiger partial charge in [0, 0.05) is 23.2 Å². The highest BCUT2D eigenvalue weighted by Gasteiger charge is 2.10. The maximum absolute atomic E-state index is 12.3. The summed E-state index contributed by atoms with van der Waals surface area (Å²) in [5, 5.41) is 6.24. The molecule has 2 rings (SSSR count). The molecule has 2 aromatic rings. The van der Waals surface area contributed by atoms with Crippen LogP contribution in [0.15, 0.2) is 53.0 Å². The minimum absolute atomic E-state index is 0.0609. The smallest absolute Gasteiger partial charge is 0.253 e. The van der Waals surface area contributed by atoms with Crippen molar-refractivity contribution in [3.8, 4) is 0 Å². The molecule has 0 unspecified atom stereocenters. The lowest BCUT2D eigenvalue weighted by molar-refractivity contribution is 0.0951. The maximum atomic E-state index is 12.3. The van der Waals surface area contributed by atoms with Gasteiger partial charge in [-0.3, -0.25) is 4.79 Å². The van der Waals surface area contributed by atoms with E-state index in [4.69, 9.17) is 0 Å². The van der Waals surface area contributed by atoms with E-state index in [0.29, 0.717) is 12.1 Å². The summed E-state index contributed by atoms with van der Waals surface area (Å²) in [6.07, 6.45) is 1.02. The van der Waals surface area contributed by atoms with Crippen LogP contribution in [0.1, 0.15) is 29.3 Å². The van der Waals surface area contributed by atoms with E-state index < -0.39 is 0 Å². The summed E-state index contributed by atoms with van der Waals surface area (Å²) >= 11 is 3.43. The largest absolute Gasteiger partial charge is 0.384 e. The molecule has 0 spiro atoms. The molecule has 0 atom stereocenters. The van der Waals surface area contributed by atoms with Crippen LogP contribution in [0.5, 0.6) is 0 Å². The Morgan fingerprint density at radius 1 is 1.14 bits per heavy atom. The van der Waals surface area contributed by atoms with Crippen LogP contribution in [0.4, 0.5) is 5.69 Å².